The van der Waals surface area contributed by atoms with Crippen LogP contribution in [0.25, 0.3) is 0 Å². The number of hydrogen-bond acceptors (Lipinski definition) is 3. The van der Waals surface area contributed by atoms with E-state index in [4.69, 9.17) is 4.74 Å². The third-order valence-corrected chi connectivity index (χ3v) is 4.81. The van der Waals surface area contributed by atoms with Crippen LogP contribution in [0.1, 0.15) is 30.0 Å². The van der Waals surface area contributed by atoms with E-state index >= 15 is 0 Å². The second kappa shape index (κ2) is 7.20. The Hall–Kier alpha value is -1.11. The zero-order valence-corrected chi connectivity index (χ0v) is 13.1. The molecule has 0 spiro atoms. The number of alkyl halides is 3. The normalized spacial score (nSPS) is 22.9. The molecular weight excluding hydrogens is 305 g/mol. The first-order valence-electron chi connectivity index (χ1n) is 8.25. The summed E-state index contributed by atoms with van der Waals surface area (Å²) in [5.74, 6) is 0.352. The monoisotopic (exact) mass is 328 g/mol. The van der Waals surface area contributed by atoms with Crippen molar-refractivity contribution >= 4 is 0 Å². The van der Waals surface area contributed by atoms with Crippen LogP contribution in [0, 0.1) is 5.92 Å². The second-order valence-electron chi connectivity index (χ2n) is 6.30. The molecule has 23 heavy (non-hydrogen) atoms. The van der Waals surface area contributed by atoms with Crippen molar-refractivity contribution in [3.8, 4) is 0 Å². The summed E-state index contributed by atoms with van der Waals surface area (Å²) < 4.78 is 44.7. The molecule has 1 aromatic carbocycles. The standard InChI is InChI=1S/C17H23F3N2O/c18-17(19,20)15-3-1-2-14(12-15)16(13-4-10-23-11-5-13)22-8-6-21-7-9-22/h1-3,12-13,16,21H,4-11H2/t16-/m0/s1. The molecular formula is C17H23F3N2O. The number of halogens is 3. The first-order chi connectivity index (χ1) is 11.1. The Balaban J connectivity index is 1.90. The van der Waals surface area contributed by atoms with Crippen molar-refractivity contribution in [3.05, 3.63) is 35.4 Å². The maximum absolute atomic E-state index is 13.1. The van der Waals surface area contributed by atoms with Crippen molar-refractivity contribution in [2.45, 2.75) is 25.1 Å². The van der Waals surface area contributed by atoms with Gasteiger partial charge in [0.2, 0.25) is 0 Å². The second-order valence-corrected chi connectivity index (χ2v) is 6.30. The fourth-order valence-corrected chi connectivity index (χ4v) is 3.67. The van der Waals surface area contributed by atoms with E-state index in [1.165, 1.54) is 12.1 Å². The highest BCUT2D eigenvalue weighted by molar-refractivity contribution is 5.29. The number of nitrogens with zero attached hydrogens (tertiary/aromatic N) is 1. The minimum Gasteiger partial charge on any atom is -0.381 e. The lowest BCUT2D eigenvalue weighted by Crippen LogP contribution is -2.47. The third kappa shape index (κ3) is 4.05. The molecule has 0 amide bonds. The highest BCUT2D eigenvalue weighted by Gasteiger charge is 2.34. The molecule has 0 radical (unpaired) electrons. The summed E-state index contributed by atoms with van der Waals surface area (Å²) in [5.41, 5.74) is 0.232. The van der Waals surface area contributed by atoms with Crippen molar-refractivity contribution in [2.75, 3.05) is 39.4 Å². The first kappa shape index (κ1) is 16.7. The molecule has 0 bridgehead atoms. The van der Waals surface area contributed by atoms with E-state index in [1.54, 1.807) is 0 Å². The summed E-state index contributed by atoms with van der Waals surface area (Å²) in [7, 11) is 0. The first-order valence-corrected chi connectivity index (χ1v) is 8.25. The van der Waals surface area contributed by atoms with Crippen LogP contribution in [-0.2, 0) is 10.9 Å². The van der Waals surface area contributed by atoms with Crippen LogP contribution < -0.4 is 5.32 Å². The SMILES string of the molecule is FC(F)(F)c1cccc([C@H](C2CCOCC2)N2CCNCC2)c1. The summed E-state index contributed by atoms with van der Waals surface area (Å²) in [4.78, 5) is 2.34. The lowest BCUT2D eigenvalue weighted by atomic mass is 9.85. The van der Waals surface area contributed by atoms with Crippen molar-refractivity contribution in [1.82, 2.24) is 10.2 Å². The van der Waals surface area contributed by atoms with Gasteiger partial charge in [0.15, 0.2) is 0 Å². The predicted molar refractivity (Wildman–Crippen MR) is 82.2 cm³/mol. The molecule has 1 atom stereocenters. The molecule has 0 unspecified atom stereocenters. The van der Waals surface area contributed by atoms with Gasteiger partial charge in [0.1, 0.15) is 0 Å². The maximum atomic E-state index is 13.1. The molecule has 2 aliphatic rings. The van der Waals surface area contributed by atoms with Gasteiger partial charge in [0.25, 0.3) is 0 Å². The summed E-state index contributed by atoms with van der Waals surface area (Å²) in [5, 5.41) is 3.31. The molecule has 6 heteroatoms. The molecule has 2 fully saturated rings. The van der Waals surface area contributed by atoms with Crippen LogP contribution in [0.2, 0.25) is 0 Å². The Labute approximate surface area is 134 Å². The van der Waals surface area contributed by atoms with E-state index < -0.39 is 11.7 Å². The molecule has 1 N–H and O–H groups in total. The number of hydrogen-bond donors (Lipinski definition) is 1. The summed E-state index contributed by atoms with van der Waals surface area (Å²) >= 11 is 0. The number of rotatable bonds is 3. The molecule has 2 saturated heterocycles. The number of piperazine rings is 1. The Morgan fingerprint density at radius 3 is 2.48 bits per heavy atom. The topological polar surface area (TPSA) is 24.5 Å². The summed E-state index contributed by atoms with van der Waals surface area (Å²) in [6.07, 6.45) is -2.48. The van der Waals surface area contributed by atoms with Crippen LogP contribution >= 0.6 is 0 Å². The molecule has 2 heterocycles. The molecule has 2 aliphatic heterocycles. The smallest absolute Gasteiger partial charge is 0.381 e. The van der Waals surface area contributed by atoms with Gasteiger partial charge in [-0.3, -0.25) is 4.90 Å². The van der Waals surface area contributed by atoms with Crippen molar-refractivity contribution in [3.63, 3.8) is 0 Å². The van der Waals surface area contributed by atoms with Gasteiger partial charge >= 0.3 is 6.18 Å². The molecule has 0 saturated carbocycles. The number of ether oxygens (including phenoxy) is 1. The van der Waals surface area contributed by atoms with Crippen LogP contribution in [0.3, 0.4) is 0 Å². The zero-order valence-electron chi connectivity index (χ0n) is 13.1. The van der Waals surface area contributed by atoms with E-state index in [1.807, 2.05) is 6.07 Å². The lowest BCUT2D eigenvalue weighted by molar-refractivity contribution is -0.137. The van der Waals surface area contributed by atoms with Gasteiger partial charge in [-0.1, -0.05) is 12.1 Å². The Bertz CT molecular complexity index is 491. The van der Waals surface area contributed by atoms with Crippen molar-refractivity contribution in [1.29, 1.82) is 0 Å². The van der Waals surface area contributed by atoms with Gasteiger partial charge in [-0.05, 0) is 36.5 Å². The molecule has 3 nitrogen and oxygen atoms in total. The number of benzene rings is 1. The van der Waals surface area contributed by atoms with E-state index in [0.717, 1.165) is 50.7 Å². The summed E-state index contributed by atoms with van der Waals surface area (Å²) in [6, 6.07) is 5.91. The van der Waals surface area contributed by atoms with Gasteiger partial charge in [-0.15, -0.1) is 0 Å². The molecule has 3 rings (SSSR count). The molecule has 0 aromatic heterocycles. The fraction of sp³-hybridized carbons (Fsp3) is 0.647. The van der Waals surface area contributed by atoms with Gasteiger partial charge in [-0.2, -0.15) is 13.2 Å². The van der Waals surface area contributed by atoms with E-state index in [-0.39, 0.29) is 6.04 Å². The minimum atomic E-state index is -4.29. The van der Waals surface area contributed by atoms with Gasteiger partial charge in [-0.25, -0.2) is 0 Å². The quantitative estimate of drug-likeness (QED) is 0.923. The van der Waals surface area contributed by atoms with Crippen molar-refractivity contribution in [2.24, 2.45) is 5.92 Å². The van der Waals surface area contributed by atoms with Gasteiger partial charge in [0.05, 0.1) is 5.56 Å². The van der Waals surface area contributed by atoms with E-state index in [9.17, 15) is 13.2 Å². The van der Waals surface area contributed by atoms with E-state index in [0.29, 0.717) is 19.1 Å². The minimum absolute atomic E-state index is 0.0447. The lowest BCUT2D eigenvalue weighted by Gasteiger charge is -2.41. The van der Waals surface area contributed by atoms with Gasteiger partial charge < -0.3 is 10.1 Å². The average molecular weight is 328 g/mol. The maximum Gasteiger partial charge on any atom is 0.416 e. The zero-order chi connectivity index (χ0) is 16.3. The highest BCUT2D eigenvalue weighted by atomic mass is 19.4. The number of nitrogens with one attached hydrogen (secondary N) is 1. The van der Waals surface area contributed by atoms with Crippen molar-refractivity contribution < 1.29 is 17.9 Å². The van der Waals surface area contributed by atoms with Crippen LogP contribution in [-0.4, -0.2) is 44.3 Å². The molecule has 1 aromatic rings. The predicted octanol–water partition coefficient (Wildman–Crippen LogP) is 3.08. The third-order valence-electron chi connectivity index (χ3n) is 4.81. The Morgan fingerprint density at radius 1 is 1.13 bits per heavy atom. The Morgan fingerprint density at radius 2 is 1.83 bits per heavy atom. The van der Waals surface area contributed by atoms with Crippen LogP contribution in [0.15, 0.2) is 24.3 Å². The molecule has 0 aliphatic carbocycles. The fourth-order valence-electron chi connectivity index (χ4n) is 3.67. The molecule has 128 valence electrons. The van der Waals surface area contributed by atoms with E-state index in [2.05, 4.69) is 10.2 Å². The average Bonchev–Trinajstić information content (AvgIpc) is 2.57. The van der Waals surface area contributed by atoms with Crippen LogP contribution in [0.5, 0.6) is 0 Å². The van der Waals surface area contributed by atoms with Gasteiger partial charge in [0, 0.05) is 45.4 Å². The summed E-state index contributed by atoms with van der Waals surface area (Å²) in [6.45, 7) is 4.92. The Kier molecular flexibility index (Phi) is 5.24. The highest BCUT2D eigenvalue weighted by Crippen LogP contribution is 2.38. The largest absolute Gasteiger partial charge is 0.416 e. The van der Waals surface area contributed by atoms with Crippen LogP contribution in [0.4, 0.5) is 13.2 Å².